The van der Waals surface area contributed by atoms with Gasteiger partial charge in [0, 0.05) is 17.4 Å². The van der Waals surface area contributed by atoms with Gasteiger partial charge in [-0.25, -0.2) is 4.98 Å². The summed E-state index contributed by atoms with van der Waals surface area (Å²) >= 11 is 0. The lowest BCUT2D eigenvalue weighted by molar-refractivity contribution is -0.180. The largest absolute Gasteiger partial charge is 0.480 e. The summed E-state index contributed by atoms with van der Waals surface area (Å²) in [4.78, 5) is 4.09. The Bertz CT molecular complexity index is 804. The van der Waals surface area contributed by atoms with Gasteiger partial charge in [-0.1, -0.05) is 38.8 Å². The van der Waals surface area contributed by atoms with Gasteiger partial charge in [-0.15, -0.1) is 0 Å². The zero-order chi connectivity index (χ0) is 18.9. The van der Waals surface area contributed by atoms with Gasteiger partial charge in [0.25, 0.3) is 0 Å². The lowest BCUT2D eigenvalue weighted by Gasteiger charge is -2.42. The van der Waals surface area contributed by atoms with Gasteiger partial charge in [0.05, 0.1) is 7.11 Å². The summed E-state index contributed by atoms with van der Waals surface area (Å²) in [5.41, 5.74) is 0.0871. The fourth-order valence-corrected chi connectivity index (χ4v) is 3.94. The van der Waals surface area contributed by atoms with Crippen molar-refractivity contribution in [3.63, 3.8) is 0 Å². The zero-order valence-corrected chi connectivity index (χ0v) is 15.2. The van der Waals surface area contributed by atoms with Gasteiger partial charge >= 0.3 is 6.18 Å². The van der Waals surface area contributed by atoms with E-state index >= 15 is 0 Å². The van der Waals surface area contributed by atoms with Crippen molar-refractivity contribution in [1.29, 1.82) is 0 Å². The van der Waals surface area contributed by atoms with E-state index in [1.54, 1.807) is 19.1 Å². The van der Waals surface area contributed by atoms with Crippen LogP contribution in [-0.4, -0.2) is 18.3 Å². The van der Waals surface area contributed by atoms with Crippen LogP contribution in [-0.2, 0) is 11.8 Å². The van der Waals surface area contributed by atoms with E-state index in [-0.39, 0.29) is 17.9 Å². The fourth-order valence-electron chi connectivity index (χ4n) is 3.94. The zero-order valence-electron chi connectivity index (χ0n) is 15.2. The molecule has 1 N–H and O–H groups in total. The van der Waals surface area contributed by atoms with E-state index in [2.05, 4.69) is 10.3 Å². The molecule has 0 spiro atoms. The molecule has 3 nitrogen and oxygen atoms in total. The molecule has 140 valence electrons. The number of aromatic nitrogens is 1. The van der Waals surface area contributed by atoms with Crippen molar-refractivity contribution in [1.82, 2.24) is 4.98 Å². The van der Waals surface area contributed by atoms with Crippen LogP contribution in [0.3, 0.4) is 0 Å². The molecule has 0 radical (unpaired) electrons. The van der Waals surface area contributed by atoms with Crippen LogP contribution < -0.4 is 10.1 Å². The molecular weight excluding hydrogens is 341 g/mol. The maximum atomic E-state index is 14.6. The smallest absolute Gasteiger partial charge is 0.402 e. The summed E-state index contributed by atoms with van der Waals surface area (Å²) in [6.07, 6.45) is -1.04. The summed E-state index contributed by atoms with van der Waals surface area (Å²) in [5, 5.41) is 3.13. The average molecular weight is 364 g/mol. The van der Waals surface area contributed by atoms with Crippen molar-refractivity contribution in [2.75, 3.05) is 12.4 Å². The summed E-state index contributed by atoms with van der Waals surface area (Å²) in [6.45, 7) is 3.80. The minimum atomic E-state index is -4.44. The van der Waals surface area contributed by atoms with Gasteiger partial charge in [-0.05, 0) is 36.1 Å². The molecule has 0 aliphatic carbocycles. The molecular formula is C20H23F3N2O. The molecule has 1 unspecified atom stereocenters. The van der Waals surface area contributed by atoms with E-state index in [0.717, 1.165) is 18.4 Å². The molecule has 0 saturated carbocycles. The van der Waals surface area contributed by atoms with E-state index in [4.69, 9.17) is 4.74 Å². The van der Waals surface area contributed by atoms with Gasteiger partial charge in [0.2, 0.25) is 5.88 Å². The SMILES string of the molecule is CCCc1ccc2c(c1)C(CCC)(C(F)(F)F)c1ccnc(OC)c1N2. The standard InChI is InChI=1S/C20H23F3N2O/c1-4-6-13-7-8-16-15(12-13)19(10-5-2,20(21,22)23)14-9-11-24-18(26-3)17(14)25-16/h7-9,11-12,25H,4-6,10H2,1-3H3. The number of alkyl halides is 3. The number of aryl methyl sites for hydroxylation is 1. The Labute approximate surface area is 151 Å². The van der Waals surface area contributed by atoms with Crippen molar-refractivity contribution >= 4 is 11.4 Å². The van der Waals surface area contributed by atoms with E-state index in [9.17, 15) is 13.2 Å². The first-order valence-corrected chi connectivity index (χ1v) is 8.89. The third-order valence-corrected chi connectivity index (χ3v) is 5.02. The number of benzene rings is 1. The minimum Gasteiger partial charge on any atom is -0.480 e. The Morgan fingerprint density at radius 1 is 1.12 bits per heavy atom. The third-order valence-electron chi connectivity index (χ3n) is 5.02. The van der Waals surface area contributed by atoms with Crippen LogP contribution in [0.25, 0.3) is 0 Å². The average Bonchev–Trinajstić information content (AvgIpc) is 2.60. The maximum absolute atomic E-state index is 14.6. The van der Waals surface area contributed by atoms with Gasteiger partial charge in [-0.2, -0.15) is 13.2 Å². The molecule has 2 heterocycles. The third kappa shape index (κ3) is 2.72. The molecule has 3 rings (SSSR count). The number of anilines is 2. The molecule has 6 heteroatoms. The Balaban J connectivity index is 2.35. The van der Waals surface area contributed by atoms with Crippen LogP contribution in [0.2, 0.25) is 0 Å². The van der Waals surface area contributed by atoms with Gasteiger partial charge in [0.1, 0.15) is 11.1 Å². The molecule has 2 aromatic rings. The number of halogens is 3. The quantitative estimate of drug-likeness (QED) is 0.734. The van der Waals surface area contributed by atoms with Crippen LogP contribution in [0.5, 0.6) is 5.88 Å². The van der Waals surface area contributed by atoms with Crippen LogP contribution in [0.4, 0.5) is 24.5 Å². The fraction of sp³-hybridized carbons (Fsp3) is 0.450. The number of hydrogen-bond donors (Lipinski definition) is 1. The monoisotopic (exact) mass is 364 g/mol. The first-order valence-electron chi connectivity index (χ1n) is 8.89. The Kier molecular flexibility index (Phi) is 4.86. The second kappa shape index (κ2) is 6.82. The molecule has 0 fully saturated rings. The van der Waals surface area contributed by atoms with Crippen LogP contribution in [0, 0.1) is 0 Å². The van der Waals surface area contributed by atoms with Crippen molar-refractivity contribution in [2.45, 2.75) is 51.1 Å². The number of fused-ring (bicyclic) bond motifs is 2. The van der Waals surface area contributed by atoms with Crippen molar-refractivity contribution in [3.05, 3.63) is 47.2 Å². The molecule has 26 heavy (non-hydrogen) atoms. The number of nitrogens with one attached hydrogen (secondary N) is 1. The summed E-state index contributed by atoms with van der Waals surface area (Å²) in [5.74, 6) is 0.176. The van der Waals surface area contributed by atoms with Crippen LogP contribution in [0.1, 0.15) is 49.8 Å². The van der Waals surface area contributed by atoms with E-state index in [1.165, 1.54) is 19.4 Å². The highest BCUT2D eigenvalue weighted by Gasteiger charge is 2.59. The predicted octanol–water partition coefficient (Wildman–Crippen LogP) is 5.75. The molecule has 1 aromatic carbocycles. The van der Waals surface area contributed by atoms with Crippen molar-refractivity contribution in [3.8, 4) is 5.88 Å². The number of pyridine rings is 1. The highest BCUT2D eigenvalue weighted by Crippen LogP contribution is 2.57. The van der Waals surface area contributed by atoms with E-state index < -0.39 is 11.6 Å². The van der Waals surface area contributed by atoms with Gasteiger partial charge < -0.3 is 10.1 Å². The highest BCUT2D eigenvalue weighted by molar-refractivity contribution is 5.79. The number of hydrogen-bond acceptors (Lipinski definition) is 3. The molecule has 1 atom stereocenters. The summed E-state index contributed by atoms with van der Waals surface area (Å²) in [6, 6.07) is 6.80. The van der Waals surface area contributed by atoms with Crippen LogP contribution >= 0.6 is 0 Å². The Morgan fingerprint density at radius 3 is 2.50 bits per heavy atom. The van der Waals surface area contributed by atoms with E-state index in [1.807, 2.05) is 13.0 Å². The van der Waals surface area contributed by atoms with Crippen LogP contribution in [0.15, 0.2) is 30.5 Å². The molecule has 0 saturated heterocycles. The molecule has 0 amide bonds. The molecule has 0 bridgehead atoms. The lowest BCUT2D eigenvalue weighted by Crippen LogP contribution is -2.46. The first kappa shape index (κ1) is 18.5. The number of methoxy groups -OCH3 is 1. The maximum Gasteiger partial charge on any atom is 0.402 e. The molecule has 1 aliphatic rings. The lowest BCUT2D eigenvalue weighted by atomic mass is 9.67. The summed E-state index contributed by atoms with van der Waals surface area (Å²) < 4.78 is 49.0. The number of rotatable bonds is 5. The number of nitrogens with zero attached hydrogens (tertiary/aromatic N) is 1. The number of ether oxygens (including phenoxy) is 1. The highest BCUT2D eigenvalue weighted by atomic mass is 19.4. The summed E-state index contributed by atoms with van der Waals surface area (Å²) in [7, 11) is 1.42. The van der Waals surface area contributed by atoms with E-state index in [0.29, 0.717) is 23.4 Å². The first-order chi connectivity index (χ1) is 12.4. The van der Waals surface area contributed by atoms with Gasteiger partial charge in [-0.3, -0.25) is 0 Å². The molecule has 1 aromatic heterocycles. The van der Waals surface area contributed by atoms with Gasteiger partial charge in [0.15, 0.2) is 0 Å². The normalized spacial score (nSPS) is 18.7. The minimum absolute atomic E-state index is 0.0269. The predicted molar refractivity (Wildman–Crippen MR) is 96.3 cm³/mol. The van der Waals surface area contributed by atoms with Crippen molar-refractivity contribution in [2.24, 2.45) is 0 Å². The Morgan fingerprint density at radius 2 is 1.88 bits per heavy atom. The molecule has 1 aliphatic heterocycles. The second-order valence-corrected chi connectivity index (χ2v) is 6.65. The topological polar surface area (TPSA) is 34.1 Å². The second-order valence-electron chi connectivity index (χ2n) is 6.65. The Hall–Kier alpha value is -2.24. The van der Waals surface area contributed by atoms with Crippen molar-refractivity contribution < 1.29 is 17.9 Å².